The van der Waals surface area contributed by atoms with Crippen molar-refractivity contribution in [2.24, 2.45) is 21.1 Å². The second kappa shape index (κ2) is 9.52. The van der Waals surface area contributed by atoms with E-state index in [4.69, 9.17) is 4.98 Å². The van der Waals surface area contributed by atoms with Crippen LogP contribution < -0.4 is 11.0 Å². The van der Waals surface area contributed by atoms with Crippen LogP contribution in [0.2, 0.25) is 0 Å². The first-order valence-electron chi connectivity index (χ1n) is 13.3. The van der Waals surface area contributed by atoms with Crippen molar-refractivity contribution < 1.29 is 14.3 Å². The first-order valence-corrected chi connectivity index (χ1v) is 13.3. The quantitative estimate of drug-likeness (QED) is 0.327. The summed E-state index contributed by atoms with van der Waals surface area (Å²) in [6.07, 6.45) is 3.41. The number of benzene rings is 3. The largest absolute Gasteiger partial charge is 0.386 e. The number of rotatable bonds is 5. The highest BCUT2D eigenvalue weighted by Crippen LogP contribution is 2.38. The van der Waals surface area contributed by atoms with E-state index in [1.54, 1.807) is 55.7 Å². The monoisotopic (exact) mass is 567 g/mol. The standard InChI is InChI=1S/C31H30FN7O3/c1-31(2,42)21-14-25-23(13-20(21)17-7-9-19(22(32)11-17)29(40)33-3)35-28(27-15-34-16-36(27)4)39(25)18-8-10-24-26(12-18)38(6)30(41)37(24)5/h7-16,42H,1-6H3,(H,33,40). The number of aryl methyl sites for hydroxylation is 3. The number of imidazole rings is 3. The zero-order valence-electron chi connectivity index (χ0n) is 24.1. The lowest BCUT2D eigenvalue weighted by Gasteiger charge is -2.23. The highest BCUT2D eigenvalue weighted by atomic mass is 19.1. The number of hydrogen-bond acceptors (Lipinski definition) is 5. The Balaban J connectivity index is 1.67. The highest BCUT2D eigenvalue weighted by Gasteiger charge is 2.26. The number of carbonyl (C=O) groups excluding carboxylic acids is 1. The molecule has 0 unspecified atom stereocenters. The lowest BCUT2D eigenvalue weighted by molar-refractivity contribution is 0.0793. The molecule has 42 heavy (non-hydrogen) atoms. The fraction of sp³-hybridized carbons (Fsp3) is 0.226. The summed E-state index contributed by atoms with van der Waals surface area (Å²) >= 11 is 0. The molecule has 6 aromatic rings. The molecule has 0 aliphatic rings. The van der Waals surface area contributed by atoms with Crippen molar-refractivity contribution in [2.45, 2.75) is 19.4 Å². The van der Waals surface area contributed by atoms with Crippen LogP contribution in [-0.2, 0) is 26.7 Å². The van der Waals surface area contributed by atoms with E-state index >= 15 is 4.39 Å². The van der Waals surface area contributed by atoms with Crippen LogP contribution in [0.1, 0.15) is 29.8 Å². The molecular weight excluding hydrogens is 537 g/mol. The van der Waals surface area contributed by atoms with Crippen LogP contribution in [0.5, 0.6) is 0 Å². The first-order chi connectivity index (χ1) is 19.9. The van der Waals surface area contributed by atoms with Crippen molar-refractivity contribution in [3.8, 4) is 28.3 Å². The Kier molecular flexibility index (Phi) is 6.16. The van der Waals surface area contributed by atoms with Crippen molar-refractivity contribution >= 4 is 28.0 Å². The maximum atomic E-state index is 15.0. The van der Waals surface area contributed by atoms with Gasteiger partial charge in [-0.2, -0.15) is 0 Å². The van der Waals surface area contributed by atoms with Gasteiger partial charge in [-0.3, -0.25) is 18.5 Å². The second-order valence-electron chi connectivity index (χ2n) is 11.0. The summed E-state index contributed by atoms with van der Waals surface area (Å²) in [5.41, 5.74) is 4.48. The number of aliphatic hydroxyl groups is 1. The van der Waals surface area contributed by atoms with Crippen molar-refractivity contribution in [1.82, 2.24) is 33.6 Å². The lowest BCUT2D eigenvalue weighted by Crippen LogP contribution is -2.19. The predicted molar refractivity (Wildman–Crippen MR) is 159 cm³/mol. The third-order valence-corrected chi connectivity index (χ3v) is 7.76. The van der Waals surface area contributed by atoms with Crippen LogP contribution in [0.25, 0.3) is 50.4 Å². The first kappa shape index (κ1) is 27.2. The van der Waals surface area contributed by atoms with Gasteiger partial charge in [0.1, 0.15) is 11.5 Å². The minimum absolute atomic E-state index is 0.0689. The summed E-state index contributed by atoms with van der Waals surface area (Å²) < 4.78 is 22.1. The van der Waals surface area contributed by atoms with E-state index in [0.29, 0.717) is 33.5 Å². The van der Waals surface area contributed by atoms with Crippen molar-refractivity contribution in [3.05, 3.63) is 88.5 Å². The molecule has 6 rings (SSSR count). The number of hydrogen-bond donors (Lipinski definition) is 2. The highest BCUT2D eigenvalue weighted by molar-refractivity contribution is 5.95. The Morgan fingerprint density at radius 1 is 0.976 bits per heavy atom. The molecule has 0 spiro atoms. The smallest absolute Gasteiger partial charge is 0.328 e. The Morgan fingerprint density at radius 2 is 1.71 bits per heavy atom. The van der Waals surface area contributed by atoms with Crippen LogP contribution in [0.15, 0.2) is 65.8 Å². The molecule has 3 aromatic carbocycles. The molecule has 0 fully saturated rings. The normalized spacial score (nSPS) is 12.0. The number of halogens is 1. The molecule has 0 aliphatic carbocycles. The predicted octanol–water partition coefficient (Wildman–Crippen LogP) is 4.01. The maximum absolute atomic E-state index is 15.0. The minimum Gasteiger partial charge on any atom is -0.386 e. The van der Waals surface area contributed by atoms with Crippen LogP contribution >= 0.6 is 0 Å². The Hall–Kier alpha value is -5.03. The van der Waals surface area contributed by atoms with Gasteiger partial charge in [0.05, 0.1) is 45.8 Å². The summed E-state index contributed by atoms with van der Waals surface area (Å²) in [5.74, 6) is -0.591. The van der Waals surface area contributed by atoms with Gasteiger partial charge in [-0.05, 0) is 73.0 Å². The van der Waals surface area contributed by atoms with Crippen molar-refractivity contribution in [2.75, 3.05) is 7.05 Å². The van der Waals surface area contributed by atoms with E-state index in [1.165, 1.54) is 19.2 Å². The molecule has 0 saturated carbocycles. The van der Waals surface area contributed by atoms with E-state index in [9.17, 15) is 14.7 Å². The van der Waals surface area contributed by atoms with Gasteiger partial charge in [0.2, 0.25) is 0 Å². The zero-order chi connectivity index (χ0) is 30.1. The number of carbonyl (C=O) groups is 1. The number of fused-ring (bicyclic) bond motifs is 2. The topological polar surface area (TPSA) is 112 Å². The summed E-state index contributed by atoms with van der Waals surface area (Å²) in [5, 5.41) is 13.7. The molecule has 3 aromatic heterocycles. The molecule has 0 atom stereocenters. The third-order valence-electron chi connectivity index (χ3n) is 7.76. The number of nitrogens with one attached hydrogen (secondary N) is 1. The van der Waals surface area contributed by atoms with Gasteiger partial charge >= 0.3 is 5.69 Å². The fourth-order valence-corrected chi connectivity index (χ4v) is 5.51. The van der Waals surface area contributed by atoms with Crippen molar-refractivity contribution in [3.63, 3.8) is 0 Å². The fourth-order valence-electron chi connectivity index (χ4n) is 5.51. The summed E-state index contributed by atoms with van der Waals surface area (Å²) in [6.45, 7) is 3.34. The third kappa shape index (κ3) is 4.12. The van der Waals surface area contributed by atoms with Crippen LogP contribution in [0.3, 0.4) is 0 Å². The average Bonchev–Trinajstić information content (AvgIpc) is 3.61. The van der Waals surface area contributed by atoms with E-state index in [2.05, 4.69) is 10.3 Å². The Bertz CT molecular complexity index is 2110. The second-order valence-corrected chi connectivity index (χ2v) is 11.0. The van der Waals surface area contributed by atoms with E-state index in [1.807, 2.05) is 46.5 Å². The summed E-state index contributed by atoms with van der Waals surface area (Å²) in [7, 11) is 6.79. The molecular formula is C31H30FN7O3. The molecule has 1 amide bonds. The minimum atomic E-state index is -1.31. The van der Waals surface area contributed by atoms with Gasteiger partial charge in [-0.1, -0.05) is 6.07 Å². The lowest BCUT2D eigenvalue weighted by atomic mass is 9.88. The van der Waals surface area contributed by atoms with Gasteiger partial charge < -0.3 is 15.0 Å². The SMILES string of the molecule is CNC(=O)c1ccc(-c2cc3nc(-c4cncn4C)n(-c4ccc5c(c4)n(C)c(=O)n5C)c3cc2C(C)(C)O)cc1F. The average molecular weight is 568 g/mol. The molecule has 11 heteroatoms. The maximum Gasteiger partial charge on any atom is 0.328 e. The van der Waals surface area contributed by atoms with E-state index < -0.39 is 17.3 Å². The molecule has 3 heterocycles. The molecule has 10 nitrogen and oxygen atoms in total. The number of amides is 1. The number of aromatic nitrogens is 6. The van der Waals surface area contributed by atoms with Gasteiger partial charge in [0, 0.05) is 33.9 Å². The zero-order valence-corrected chi connectivity index (χ0v) is 24.1. The van der Waals surface area contributed by atoms with Crippen molar-refractivity contribution in [1.29, 1.82) is 0 Å². The van der Waals surface area contributed by atoms with E-state index in [-0.39, 0.29) is 11.3 Å². The molecule has 0 saturated heterocycles. The van der Waals surface area contributed by atoms with Crippen LogP contribution in [0, 0.1) is 5.82 Å². The van der Waals surface area contributed by atoms with Gasteiger partial charge in [0.15, 0.2) is 5.82 Å². The molecule has 0 bridgehead atoms. The Morgan fingerprint density at radius 3 is 2.36 bits per heavy atom. The summed E-state index contributed by atoms with van der Waals surface area (Å²) in [6, 6.07) is 13.8. The molecule has 0 radical (unpaired) electrons. The number of nitrogens with zero attached hydrogens (tertiary/aromatic N) is 6. The van der Waals surface area contributed by atoms with Gasteiger partial charge in [-0.15, -0.1) is 0 Å². The molecule has 2 N–H and O–H groups in total. The van der Waals surface area contributed by atoms with Crippen LogP contribution in [0.4, 0.5) is 4.39 Å². The van der Waals surface area contributed by atoms with Gasteiger partial charge in [0.25, 0.3) is 5.91 Å². The Labute approximate surface area is 240 Å². The van der Waals surface area contributed by atoms with E-state index in [0.717, 1.165) is 22.4 Å². The van der Waals surface area contributed by atoms with Gasteiger partial charge in [-0.25, -0.2) is 19.2 Å². The molecule has 214 valence electrons. The van der Waals surface area contributed by atoms with Crippen LogP contribution in [-0.4, -0.2) is 46.3 Å². The molecule has 0 aliphatic heterocycles. The summed E-state index contributed by atoms with van der Waals surface area (Å²) in [4.78, 5) is 34.0.